The van der Waals surface area contributed by atoms with E-state index in [2.05, 4.69) is 5.10 Å². The predicted molar refractivity (Wildman–Crippen MR) is 74.9 cm³/mol. The van der Waals surface area contributed by atoms with Gasteiger partial charge in [0.05, 0.1) is 11.0 Å². The van der Waals surface area contributed by atoms with E-state index in [1.807, 2.05) is 13.8 Å². The van der Waals surface area contributed by atoms with Crippen molar-refractivity contribution in [3.8, 4) is 5.88 Å². The van der Waals surface area contributed by atoms with E-state index in [1.165, 1.54) is 0 Å². The number of rotatable bonds is 4. The summed E-state index contributed by atoms with van der Waals surface area (Å²) in [5, 5.41) is 15.5. The first-order valence-electron chi connectivity index (χ1n) is 7.06. The monoisotopic (exact) mass is 282 g/mol. The fraction of sp³-hybridized carbons (Fsp3) is 0.769. The van der Waals surface area contributed by atoms with E-state index in [9.17, 15) is 10.1 Å². The maximum Gasteiger partial charge on any atom is 0.353 e. The highest BCUT2D eigenvalue weighted by Crippen LogP contribution is 2.35. The number of ether oxygens (including phenoxy) is 1. The van der Waals surface area contributed by atoms with E-state index in [4.69, 9.17) is 10.5 Å². The van der Waals surface area contributed by atoms with Crippen molar-refractivity contribution in [2.24, 2.45) is 5.73 Å². The van der Waals surface area contributed by atoms with Crippen molar-refractivity contribution in [2.45, 2.75) is 64.6 Å². The van der Waals surface area contributed by atoms with Crippen LogP contribution in [0.2, 0.25) is 0 Å². The Bertz CT molecular complexity index is 498. The highest BCUT2D eigenvalue weighted by molar-refractivity contribution is 5.46. The van der Waals surface area contributed by atoms with Crippen molar-refractivity contribution < 1.29 is 9.66 Å². The summed E-state index contributed by atoms with van der Waals surface area (Å²) in [5.74, 6) is 0.265. The number of aromatic nitrogens is 2. The molecular weight excluding hydrogens is 260 g/mol. The van der Waals surface area contributed by atoms with Gasteiger partial charge in [-0.25, -0.2) is 4.68 Å². The van der Waals surface area contributed by atoms with Crippen LogP contribution in [0.3, 0.4) is 0 Å². The van der Waals surface area contributed by atoms with Crippen molar-refractivity contribution in [3.05, 3.63) is 15.8 Å². The molecule has 1 saturated carbocycles. The fourth-order valence-electron chi connectivity index (χ4n) is 2.63. The number of nitrogens with zero attached hydrogens (tertiary/aromatic N) is 3. The van der Waals surface area contributed by atoms with Crippen LogP contribution in [0.1, 0.15) is 51.3 Å². The lowest BCUT2D eigenvalue weighted by Gasteiger charge is -2.27. The Morgan fingerprint density at radius 1 is 1.50 bits per heavy atom. The molecule has 1 aliphatic rings. The summed E-state index contributed by atoms with van der Waals surface area (Å²) >= 11 is 0. The Labute approximate surface area is 118 Å². The maximum absolute atomic E-state index is 11.2. The van der Waals surface area contributed by atoms with Crippen LogP contribution in [0.5, 0.6) is 5.88 Å². The number of nitrogens with two attached hydrogens (primary N) is 1. The Morgan fingerprint density at radius 3 is 2.75 bits per heavy atom. The van der Waals surface area contributed by atoms with Crippen molar-refractivity contribution in [1.29, 1.82) is 0 Å². The van der Waals surface area contributed by atoms with E-state index in [1.54, 1.807) is 11.6 Å². The number of aryl methyl sites for hydroxylation is 1. The zero-order valence-corrected chi connectivity index (χ0v) is 12.2. The minimum Gasteiger partial charge on any atom is -0.470 e. The first-order valence-corrected chi connectivity index (χ1v) is 7.06. The second kappa shape index (κ2) is 5.78. The van der Waals surface area contributed by atoms with Crippen molar-refractivity contribution in [1.82, 2.24) is 9.78 Å². The van der Waals surface area contributed by atoms with Gasteiger partial charge in [0, 0.05) is 6.04 Å². The van der Waals surface area contributed by atoms with Gasteiger partial charge in [-0.3, -0.25) is 10.1 Å². The Hall–Kier alpha value is -1.63. The summed E-state index contributed by atoms with van der Waals surface area (Å²) in [4.78, 5) is 10.8. The fourth-order valence-corrected chi connectivity index (χ4v) is 2.63. The van der Waals surface area contributed by atoms with Gasteiger partial charge < -0.3 is 10.5 Å². The molecule has 0 radical (unpaired) electrons. The molecule has 1 aliphatic carbocycles. The second-order valence-electron chi connectivity index (χ2n) is 5.70. The smallest absolute Gasteiger partial charge is 0.353 e. The molecule has 0 spiro atoms. The predicted octanol–water partition coefficient (Wildman–Crippen LogP) is 2.33. The number of hydrogen-bond donors (Lipinski definition) is 1. The highest BCUT2D eigenvalue weighted by Gasteiger charge is 2.31. The molecule has 20 heavy (non-hydrogen) atoms. The minimum atomic E-state index is -0.417. The Balaban J connectivity index is 2.30. The van der Waals surface area contributed by atoms with E-state index in [0.29, 0.717) is 5.69 Å². The van der Waals surface area contributed by atoms with E-state index < -0.39 is 4.92 Å². The van der Waals surface area contributed by atoms with Crippen molar-refractivity contribution >= 4 is 5.69 Å². The van der Waals surface area contributed by atoms with Crippen molar-refractivity contribution in [3.63, 3.8) is 0 Å². The third-order valence-electron chi connectivity index (χ3n) is 3.63. The molecule has 7 nitrogen and oxygen atoms in total. The summed E-state index contributed by atoms with van der Waals surface area (Å²) in [5.41, 5.74) is 6.30. The lowest BCUT2D eigenvalue weighted by Crippen LogP contribution is -2.34. The highest BCUT2D eigenvalue weighted by atomic mass is 16.6. The van der Waals surface area contributed by atoms with Gasteiger partial charge in [0.15, 0.2) is 0 Å². The SMILES string of the molecule is Cc1nn(C(C)C)c(OC2CCCC(N)C2)c1[N+](=O)[O-]. The summed E-state index contributed by atoms with van der Waals surface area (Å²) < 4.78 is 7.50. The van der Waals surface area contributed by atoms with Gasteiger partial charge >= 0.3 is 5.69 Å². The van der Waals surface area contributed by atoms with Crippen molar-refractivity contribution in [2.75, 3.05) is 0 Å². The molecule has 0 aliphatic heterocycles. The van der Waals surface area contributed by atoms with Crippen LogP contribution < -0.4 is 10.5 Å². The minimum absolute atomic E-state index is 0.00895. The summed E-state index contributed by atoms with van der Waals surface area (Å²) in [6, 6.07) is 0.124. The van der Waals surface area contributed by atoms with Gasteiger partial charge in [-0.05, 0) is 46.5 Å². The molecule has 0 aromatic carbocycles. The molecule has 7 heteroatoms. The number of hydrogen-bond acceptors (Lipinski definition) is 5. The largest absolute Gasteiger partial charge is 0.470 e. The van der Waals surface area contributed by atoms with Crippen LogP contribution in [-0.4, -0.2) is 26.8 Å². The van der Waals surface area contributed by atoms with Crippen LogP contribution in [0.15, 0.2) is 0 Å². The van der Waals surface area contributed by atoms with Crippen LogP contribution >= 0.6 is 0 Å². The molecule has 1 fully saturated rings. The molecule has 2 N–H and O–H groups in total. The number of nitro groups is 1. The third kappa shape index (κ3) is 2.92. The lowest BCUT2D eigenvalue weighted by atomic mass is 9.93. The third-order valence-corrected chi connectivity index (χ3v) is 3.63. The van der Waals surface area contributed by atoms with Gasteiger partial charge in [-0.15, -0.1) is 0 Å². The molecule has 0 bridgehead atoms. The Morgan fingerprint density at radius 2 is 2.20 bits per heavy atom. The molecule has 1 aromatic rings. The average molecular weight is 282 g/mol. The van der Waals surface area contributed by atoms with E-state index in [-0.39, 0.29) is 29.8 Å². The molecule has 2 atom stereocenters. The second-order valence-corrected chi connectivity index (χ2v) is 5.70. The molecule has 1 aromatic heterocycles. The van der Waals surface area contributed by atoms with Crippen LogP contribution in [0, 0.1) is 17.0 Å². The summed E-state index contributed by atoms with van der Waals surface area (Å²) in [6.45, 7) is 5.49. The van der Waals surface area contributed by atoms with Gasteiger partial charge in [-0.1, -0.05) is 0 Å². The summed E-state index contributed by atoms with van der Waals surface area (Å²) in [6.07, 6.45) is 3.54. The average Bonchev–Trinajstić information content (AvgIpc) is 2.66. The molecule has 0 saturated heterocycles. The quantitative estimate of drug-likeness (QED) is 0.675. The van der Waals surface area contributed by atoms with Crippen LogP contribution in [0.4, 0.5) is 5.69 Å². The van der Waals surface area contributed by atoms with Gasteiger partial charge in [0.25, 0.3) is 5.88 Å². The van der Waals surface area contributed by atoms with Gasteiger partial charge in [0.2, 0.25) is 0 Å². The first-order chi connectivity index (χ1) is 9.40. The zero-order valence-electron chi connectivity index (χ0n) is 12.2. The lowest BCUT2D eigenvalue weighted by molar-refractivity contribution is -0.386. The molecule has 2 unspecified atom stereocenters. The molecular formula is C13H22N4O3. The van der Waals surface area contributed by atoms with Crippen LogP contribution in [0.25, 0.3) is 0 Å². The van der Waals surface area contributed by atoms with Crippen LogP contribution in [-0.2, 0) is 0 Å². The molecule has 1 heterocycles. The van der Waals surface area contributed by atoms with Gasteiger partial charge in [-0.2, -0.15) is 5.10 Å². The summed E-state index contributed by atoms with van der Waals surface area (Å²) in [7, 11) is 0. The topological polar surface area (TPSA) is 96.2 Å². The molecule has 112 valence electrons. The normalized spacial score (nSPS) is 23.1. The zero-order chi connectivity index (χ0) is 14.9. The molecule has 0 amide bonds. The molecule has 2 rings (SSSR count). The van der Waals surface area contributed by atoms with E-state index in [0.717, 1.165) is 25.7 Å². The maximum atomic E-state index is 11.2. The van der Waals surface area contributed by atoms with Gasteiger partial charge in [0.1, 0.15) is 11.8 Å². The Kier molecular flexibility index (Phi) is 4.27. The van der Waals surface area contributed by atoms with E-state index >= 15 is 0 Å². The standard InChI is InChI=1S/C13H22N4O3/c1-8(2)16-13(12(17(18)19)9(3)15-16)20-11-6-4-5-10(14)7-11/h8,10-11H,4-7,14H2,1-3H3. The first kappa shape index (κ1) is 14.8.